The largest absolute Gasteiger partial charge is 0.445 e. The third kappa shape index (κ3) is 4.85. The molecule has 5 nitrogen and oxygen atoms in total. The third-order valence-corrected chi connectivity index (χ3v) is 4.44. The van der Waals surface area contributed by atoms with Crippen molar-refractivity contribution in [2.24, 2.45) is 5.92 Å². The number of benzene rings is 2. The molecule has 5 heteroatoms. The highest BCUT2D eigenvalue weighted by atomic mass is 16.6. The van der Waals surface area contributed by atoms with Crippen molar-refractivity contribution in [3.63, 3.8) is 0 Å². The summed E-state index contributed by atoms with van der Waals surface area (Å²) in [6, 6.07) is 19.0. The zero-order chi connectivity index (χ0) is 18.4. The van der Waals surface area contributed by atoms with Crippen LogP contribution in [0.3, 0.4) is 0 Å². The summed E-state index contributed by atoms with van der Waals surface area (Å²) in [7, 11) is 0. The van der Waals surface area contributed by atoms with Crippen molar-refractivity contribution in [3.8, 4) is 0 Å². The zero-order valence-corrected chi connectivity index (χ0v) is 14.9. The first-order chi connectivity index (χ1) is 12.7. The van der Waals surface area contributed by atoms with Gasteiger partial charge < -0.3 is 15.4 Å². The summed E-state index contributed by atoms with van der Waals surface area (Å²) in [5.41, 5.74) is 1.81. The highest BCUT2D eigenvalue weighted by Crippen LogP contribution is 2.35. The first kappa shape index (κ1) is 18.0. The van der Waals surface area contributed by atoms with Crippen molar-refractivity contribution < 1.29 is 14.3 Å². The smallest absolute Gasteiger partial charge is 0.407 e. The molecule has 1 aliphatic rings. The first-order valence-electron chi connectivity index (χ1n) is 9.05. The van der Waals surface area contributed by atoms with E-state index in [2.05, 4.69) is 17.6 Å². The van der Waals surface area contributed by atoms with E-state index in [4.69, 9.17) is 4.74 Å². The molecule has 136 valence electrons. The summed E-state index contributed by atoms with van der Waals surface area (Å²) in [4.78, 5) is 24.4. The second-order valence-electron chi connectivity index (χ2n) is 6.54. The lowest BCUT2D eigenvalue weighted by molar-refractivity contribution is -0.117. The minimum absolute atomic E-state index is 0.0796. The number of anilines is 1. The summed E-state index contributed by atoms with van der Waals surface area (Å²) in [5.74, 6) is -0.385. The molecular weight excluding hydrogens is 328 g/mol. The Hall–Kier alpha value is -2.82. The molecule has 26 heavy (non-hydrogen) atoms. The Bertz CT molecular complexity index is 733. The number of para-hydroxylation sites is 1. The minimum Gasteiger partial charge on any atom is -0.445 e. The van der Waals surface area contributed by atoms with E-state index in [-0.39, 0.29) is 24.0 Å². The summed E-state index contributed by atoms with van der Waals surface area (Å²) >= 11 is 0. The number of ether oxygens (including phenoxy) is 1. The van der Waals surface area contributed by atoms with Gasteiger partial charge in [0.2, 0.25) is 5.91 Å². The van der Waals surface area contributed by atoms with Gasteiger partial charge in [0.25, 0.3) is 0 Å². The van der Waals surface area contributed by atoms with Crippen molar-refractivity contribution >= 4 is 17.7 Å². The van der Waals surface area contributed by atoms with Gasteiger partial charge in [-0.25, -0.2) is 4.79 Å². The highest BCUT2D eigenvalue weighted by molar-refractivity contribution is 5.95. The predicted molar refractivity (Wildman–Crippen MR) is 101 cm³/mol. The molecule has 0 bridgehead atoms. The fourth-order valence-corrected chi connectivity index (χ4v) is 2.94. The van der Waals surface area contributed by atoms with Crippen LogP contribution in [-0.4, -0.2) is 18.1 Å². The number of hydrogen-bond acceptors (Lipinski definition) is 3. The van der Waals surface area contributed by atoms with Crippen LogP contribution in [0.15, 0.2) is 60.7 Å². The van der Waals surface area contributed by atoms with Crippen molar-refractivity contribution in [1.82, 2.24) is 5.32 Å². The van der Waals surface area contributed by atoms with E-state index in [1.165, 1.54) is 0 Å². The van der Waals surface area contributed by atoms with E-state index >= 15 is 0 Å². The maximum atomic E-state index is 12.2. The molecular formula is C21H24N2O3. The Morgan fingerprint density at radius 3 is 2.38 bits per heavy atom. The lowest BCUT2D eigenvalue weighted by atomic mass is 10.0. The van der Waals surface area contributed by atoms with E-state index in [1.807, 2.05) is 60.7 Å². The van der Waals surface area contributed by atoms with Crippen LogP contribution in [0.1, 0.15) is 37.8 Å². The van der Waals surface area contributed by atoms with Gasteiger partial charge in [0.05, 0.1) is 12.0 Å². The quantitative estimate of drug-likeness (QED) is 0.781. The van der Waals surface area contributed by atoms with E-state index in [9.17, 15) is 9.59 Å². The van der Waals surface area contributed by atoms with Crippen LogP contribution in [0, 0.1) is 5.92 Å². The van der Waals surface area contributed by atoms with E-state index in [1.54, 1.807) is 0 Å². The molecule has 2 N–H and O–H groups in total. The number of amides is 2. The predicted octanol–water partition coefficient (Wildman–Crippen LogP) is 4.28. The lowest BCUT2D eigenvalue weighted by Crippen LogP contribution is -2.30. The summed E-state index contributed by atoms with van der Waals surface area (Å²) in [5, 5.41) is 5.77. The Balaban J connectivity index is 1.48. The van der Waals surface area contributed by atoms with Gasteiger partial charge in [0.15, 0.2) is 0 Å². The van der Waals surface area contributed by atoms with E-state index in [0.717, 1.165) is 24.1 Å². The molecule has 0 radical (unpaired) electrons. The van der Waals surface area contributed by atoms with Crippen molar-refractivity contribution in [2.45, 2.75) is 38.3 Å². The molecule has 2 aromatic rings. The van der Waals surface area contributed by atoms with Crippen molar-refractivity contribution in [3.05, 3.63) is 66.2 Å². The molecule has 1 saturated carbocycles. The summed E-state index contributed by atoms with van der Waals surface area (Å²) in [6.45, 7) is 2.08. The van der Waals surface area contributed by atoms with Crippen molar-refractivity contribution in [2.75, 3.05) is 5.32 Å². The molecule has 3 atom stereocenters. The number of carbonyl (C=O) groups is 2. The maximum absolute atomic E-state index is 12.2. The van der Waals surface area contributed by atoms with Crippen LogP contribution in [0.4, 0.5) is 10.5 Å². The van der Waals surface area contributed by atoms with Crippen LogP contribution >= 0.6 is 0 Å². The third-order valence-electron chi connectivity index (χ3n) is 4.44. The first-order valence-corrected chi connectivity index (χ1v) is 9.05. The topological polar surface area (TPSA) is 67.4 Å². The standard InChI is InChI=1S/C21H24N2O3/c1-2-9-18(15-10-5-3-6-11-15)23-21(25)26-19-14-17(19)20(24)22-16-12-7-4-8-13-16/h3-8,10-13,17-19H,2,9,14H2,1H3,(H,22,24)(H,23,25). The van der Waals surface area contributed by atoms with Crippen LogP contribution in [0.2, 0.25) is 0 Å². The summed E-state index contributed by atoms with van der Waals surface area (Å²) in [6.07, 6.45) is 1.53. The van der Waals surface area contributed by atoms with E-state index < -0.39 is 6.09 Å². The molecule has 0 heterocycles. The maximum Gasteiger partial charge on any atom is 0.407 e. The number of nitrogens with one attached hydrogen (secondary N) is 2. The van der Waals surface area contributed by atoms with Gasteiger partial charge in [-0.15, -0.1) is 0 Å². The minimum atomic E-state index is -0.465. The van der Waals surface area contributed by atoms with E-state index in [0.29, 0.717) is 6.42 Å². The van der Waals surface area contributed by atoms with Crippen LogP contribution < -0.4 is 10.6 Å². The van der Waals surface area contributed by atoms with Crippen molar-refractivity contribution in [1.29, 1.82) is 0 Å². The Morgan fingerprint density at radius 2 is 1.73 bits per heavy atom. The molecule has 1 aliphatic carbocycles. The zero-order valence-electron chi connectivity index (χ0n) is 14.9. The van der Waals surface area contributed by atoms with Gasteiger partial charge in [-0.05, 0) is 24.1 Å². The molecule has 0 spiro atoms. The fourth-order valence-electron chi connectivity index (χ4n) is 2.94. The number of rotatable bonds is 7. The molecule has 0 saturated heterocycles. The number of carbonyl (C=O) groups excluding carboxylic acids is 2. The SMILES string of the molecule is CCCC(NC(=O)OC1CC1C(=O)Nc1ccccc1)c1ccccc1. The second kappa shape index (κ2) is 8.52. The molecule has 1 fully saturated rings. The summed E-state index contributed by atoms with van der Waals surface area (Å²) < 4.78 is 5.42. The van der Waals surface area contributed by atoms with Crippen LogP contribution in [-0.2, 0) is 9.53 Å². The van der Waals surface area contributed by atoms with Crippen LogP contribution in [0.25, 0.3) is 0 Å². The van der Waals surface area contributed by atoms with Gasteiger partial charge in [-0.1, -0.05) is 61.9 Å². The highest BCUT2D eigenvalue weighted by Gasteiger charge is 2.46. The molecule has 3 rings (SSSR count). The molecule has 2 aromatic carbocycles. The molecule has 2 amide bonds. The monoisotopic (exact) mass is 352 g/mol. The molecule has 0 aromatic heterocycles. The Morgan fingerprint density at radius 1 is 1.08 bits per heavy atom. The van der Waals surface area contributed by atoms with Gasteiger partial charge in [0.1, 0.15) is 6.10 Å². The Kier molecular flexibility index (Phi) is 5.89. The average molecular weight is 352 g/mol. The molecule has 3 unspecified atom stereocenters. The normalized spacial score (nSPS) is 19.3. The van der Waals surface area contributed by atoms with Gasteiger partial charge in [0, 0.05) is 12.1 Å². The van der Waals surface area contributed by atoms with Gasteiger partial charge in [-0.2, -0.15) is 0 Å². The number of hydrogen-bond donors (Lipinski definition) is 2. The molecule has 0 aliphatic heterocycles. The number of alkyl carbamates (subject to hydrolysis) is 1. The second-order valence-corrected chi connectivity index (χ2v) is 6.54. The van der Waals surface area contributed by atoms with Gasteiger partial charge >= 0.3 is 6.09 Å². The lowest BCUT2D eigenvalue weighted by Gasteiger charge is -2.18. The Labute approximate surface area is 153 Å². The fraction of sp³-hybridized carbons (Fsp3) is 0.333. The van der Waals surface area contributed by atoms with Gasteiger partial charge in [-0.3, -0.25) is 4.79 Å². The van der Waals surface area contributed by atoms with Crippen LogP contribution in [0.5, 0.6) is 0 Å². The average Bonchev–Trinajstić information content (AvgIpc) is 3.42.